The molecule has 1 aliphatic heterocycles. The highest BCUT2D eigenvalue weighted by Gasteiger charge is 2.32. The smallest absolute Gasteiger partial charge is 0.236 e. The molecule has 2 aromatic rings. The van der Waals surface area contributed by atoms with Crippen LogP contribution in [-0.4, -0.2) is 45.4 Å². The van der Waals surface area contributed by atoms with E-state index in [1.807, 2.05) is 31.2 Å². The van der Waals surface area contributed by atoms with E-state index < -0.39 is 0 Å². The van der Waals surface area contributed by atoms with E-state index in [1.165, 1.54) is 29.5 Å². The zero-order valence-corrected chi connectivity index (χ0v) is 17.8. The maximum absolute atomic E-state index is 12.9. The normalized spacial score (nSPS) is 21.0. The first-order chi connectivity index (χ1) is 13.0. The summed E-state index contributed by atoms with van der Waals surface area (Å²) < 4.78 is 6.02. The molecule has 1 aromatic heterocycles. The van der Waals surface area contributed by atoms with Crippen LogP contribution in [0.5, 0.6) is 5.75 Å². The Morgan fingerprint density at radius 1 is 1.33 bits per heavy atom. The summed E-state index contributed by atoms with van der Waals surface area (Å²) in [7, 11) is 1.64. The Balaban J connectivity index is 1.61. The molecule has 146 valence electrons. The lowest BCUT2D eigenvalue weighted by Crippen LogP contribution is -2.50. The van der Waals surface area contributed by atoms with E-state index in [9.17, 15) is 4.79 Å². The average molecular weight is 407 g/mol. The van der Waals surface area contributed by atoms with Gasteiger partial charge in [-0.15, -0.1) is 10.2 Å². The Kier molecular flexibility index (Phi) is 6.59. The highest BCUT2D eigenvalue weighted by molar-refractivity contribution is 8.02. The molecule has 2 heterocycles. The van der Waals surface area contributed by atoms with Crippen LogP contribution in [0.3, 0.4) is 0 Å². The fourth-order valence-corrected chi connectivity index (χ4v) is 5.37. The number of carbonyl (C=O) groups excluding carboxylic acids is 1. The minimum Gasteiger partial charge on any atom is -0.497 e. The molecule has 1 N–H and O–H groups in total. The van der Waals surface area contributed by atoms with Crippen LogP contribution in [0.4, 0.5) is 10.8 Å². The fraction of sp³-hybridized carbons (Fsp3) is 0.526. The Labute approximate surface area is 168 Å². The number of piperidine rings is 1. The first-order valence-electron chi connectivity index (χ1n) is 9.21. The van der Waals surface area contributed by atoms with Gasteiger partial charge < -0.3 is 15.0 Å². The van der Waals surface area contributed by atoms with Crippen molar-refractivity contribution in [2.75, 3.05) is 12.4 Å². The number of nitrogens with zero attached hydrogens (tertiary/aromatic N) is 3. The van der Waals surface area contributed by atoms with Crippen molar-refractivity contribution in [2.24, 2.45) is 0 Å². The predicted octanol–water partition coefficient (Wildman–Crippen LogP) is 4.56. The van der Waals surface area contributed by atoms with Gasteiger partial charge in [-0.3, -0.25) is 4.79 Å². The number of likely N-dealkylation sites (tertiary alicyclic amines) is 1. The third kappa shape index (κ3) is 4.93. The Morgan fingerprint density at radius 2 is 2.07 bits per heavy atom. The topological polar surface area (TPSA) is 67.3 Å². The lowest BCUT2D eigenvalue weighted by Gasteiger charge is -2.40. The number of ether oxygens (including phenoxy) is 1. The molecule has 6 nitrogen and oxygen atoms in total. The van der Waals surface area contributed by atoms with Crippen LogP contribution in [0, 0.1) is 0 Å². The standard InChI is InChI=1S/C19H26N4O2S2/c1-12-7-5-8-13(2)23(12)17(24)14(3)26-19-22-21-18(27-19)20-15-9-6-10-16(11-15)25-4/h6,9-14H,5,7-8H2,1-4H3,(H,20,21)/t12-,13-,14+/m0/s1. The second-order valence-corrected chi connectivity index (χ2v) is 9.43. The number of methoxy groups -OCH3 is 1. The molecular weight excluding hydrogens is 380 g/mol. The van der Waals surface area contributed by atoms with Crippen LogP contribution < -0.4 is 10.1 Å². The lowest BCUT2D eigenvalue weighted by molar-refractivity contribution is -0.136. The van der Waals surface area contributed by atoms with Gasteiger partial charge in [0.25, 0.3) is 0 Å². The summed E-state index contributed by atoms with van der Waals surface area (Å²) in [5.41, 5.74) is 0.891. The Bertz CT molecular complexity index is 773. The van der Waals surface area contributed by atoms with Crippen molar-refractivity contribution in [1.82, 2.24) is 15.1 Å². The minimum atomic E-state index is -0.175. The van der Waals surface area contributed by atoms with E-state index in [0.717, 1.165) is 28.6 Å². The summed E-state index contributed by atoms with van der Waals surface area (Å²) >= 11 is 2.93. The summed E-state index contributed by atoms with van der Waals surface area (Å²) in [6, 6.07) is 8.27. The van der Waals surface area contributed by atoms with Crippen LogP contribution in [-0.2, 0) is 4.79 Å². The highest BCUT2D eigenvalue weighted by Crippen LogP contribution is 2.33. The zero-order valence-electron chi connectivity index (χ0n) is 16.1. The molecule has 1 aromatic carbocycles. The number of rotatable bonds is 6. The molecular formula is C19H26N4O2S2. The highest BCUT2D eigenvalue weighted by atomic mass is 32.2. The molecule has 1 fully saturated rings. The molecule has 1 saturated heterocycles. The SMILES string of the molecule is COc1cccc(Nc2nnc(S[C@H](C)C(=O)N3[C@@H](C)CCC[C@@H]3C)s2)c1. The second-order valence-electron chi connectivity index (χ2n) is 6.86. The Hall–Kier alpha value is -1.80. The maximum atomic E-state index is 12.9. The van der Waals surface area contributed by atoms with E-state index in [1.54, 1.807) is 7.11 Å². The van der Waals surface area contributed by atoms with Gasteiger partial charge >= 0.3 is 0 Å². The van der Waals surface area contributed by atoms with E-state index in [0.29, 0.717) is 17.2 Å². The van der Waals surface area contributed by atoms with Gasteiger partial charge in [0, 0.05) is 23.8 Å². The Morgan fingerprint density at radius 3 is 2.78 bits per heavy atom. The molecule has 3 atom stereocenters. The fourth-order valence-electron chi connectivity index (χ4n) is 3.40. The number of aromatic nitrogens is 2. The summed E-state index contributed by atoms with van der Waals surface area (Å²) in [5, 5.41) is 12.2. The zero-order chi connectivity index (χ0) is 19.4. The van der Waals surface area contributed by atoms with Gasteiger partial charge in [0.05, 0.1) is 12.4 Å². The van der Waals surface area contributed by atoms with E-state index in [2.05, 4.69) is 34.3 Å². The molecule has 1 amide bonds. The molecule has 0 aliphatic carbocycles. The first kappa shape index (κ1) is 19.9. The van der Waals surface area contributed by atoms with Gasteiger partial charge in [-0.1, -0.05) is 29.2 Å². The van der Waals surface area contributed by atoms with Gasteiger partial charge in [-0.25, -0.2) is 0 Å². The van der Waals surface area contributed by atoms with Crippen LogP contribution in [0.15, 0.2) is 28.6 Å². The molecule has 3 rings (SSSR count). The molecule has 0 unspecified atom stereocenters. The van der Waals surface area contributed by atoms with Crippen LogP contribution in [0.1, 0.15) is 40.0 Å². The maximum Gasteiger partial charge on any atom is 0.236 e. The van der Waals surface area contributed by atoms with Crippen molar-refractivity contribution in [2.45, 2.75) is 61.7 Å². The molecule has 0 saturated carbocycles. The molecule has 0 bridgehead atoms. The van der Waals surface area contributed by atoms with Crippen molar-refractivity contribution in [3.63, 3.8) is 0 Å². The third-order valence-electron chi connectivity index (χ3n) is 4.80. The van der Waals surface area contributed by atoms with Crippen LogP contribution in [0.2, 0.25) is 0 Å². The van der Waals surface area contributed by atoms with Gasteiger partial charge in [-0.05, 0) is 52.2 Å². The van der Waals surface area contributed by atoms with E-state index in [4.69, 9.17) is 4.74 Å². The van der Waals surface area contributed by atoms with Crippen molar-refractivity contribution in [1.29, 1.82) is 0 Å². The monoisotopic (exact) mass is 406 g/mol. The summed E-state index contributed by atoms with van der Waals surface area (Å²) in [6.07, 6.45) is 3.37. The van der Waals surface area contributed by atoms with E-state index in [-0.39, 0.29) is 11.2 Å². The largest absolute Gasteiger partial charge is 0.497 e. The number of carbonyl (C=O) groups is 1. The summed E-state index contributed by atoms with van der Waals surface area (Å²) in [4.78, 5) is 15.0. The van der Waals surface area contributed by atoms with Crippen molar-refractivity contribution in [3.05, 3.63) is 24.3 Å². The van der Waals surface area contributed by atoms with E-state index >= 15 is 0 Å². The van der Waals surface area contributed by atoms with Gasteiger partial charge in [0.2, 0.25) is 11.0 Å². The third-order valence-corrected chi connectivity index (χ3v) is 6.81. The quantitative estimate of drug-likeness (QED) is 0.709. The molecule has 1 aliphatic rings. The number of nitrogens with one attached hydrogen (secondary N) is 1. The number of hydrogen-bond donors (Lipinski definition) is 1. The van der Waals surface area contributed by atoms with Gasteiger partial charge in [0.15, 0.2) is 4.34 Å². The summed E-state index contributed by atoms with van der Waals surface area (Å²) in [5.74, 6) is 0.973. The molecule has 8 heteroatoms. The van der Waals surface area contributed by atoms with Crippen LogP contribution in [0.25, 0.3) is 0 Å². The minimum absolute atomic E-state index is 0.175. The summed E-state index contributed by atoms with van der Waals surface area (Å²) in [6.45, 7) is 6.25. The van der Waals surface area contributed by atoms with Crippen LogP contribution >= 0.6 is 23.1 Å². The van der Waals surface area contributed by atoms with Gasteiger partial charge in [0.1, 0.15) is 5.75 Å². The lowest BCUT2D eigenvalue weighted by atomic mass is 9.97. The second kappa shape index (κ2) is 8.93. The number of hydrogen-bond acceptors (Lipinski definition) is 7. The average Bonchev–Trinajstić information content (AvgIpc) is 3.08. The predicted molar refractivity (Wildman–Crippen MR) is 111 cm³/mol. The molecule has 0 spiro atoms. The number of benzene rings is 1. The molecule has 0 radical (unpaired) electrons. The number of anilines is 2. The first-order valence-corrected chi connectivity index (χ1v) is 10.9. The van der Waals surface area contributed by atoms with Gasteiger partial charge in [-0.2, -0.15) is 0 Å². The van der Waals surface area contributed by atoms with Crippen molar-refractivity contribution in [3.8, 4) is 5.75 Å². The number of thioether (sulfide) groups is 1. The molecule has 27 heavy (non-hydrogen) atoms. The number of amides is 1. The van der Waals surface area contributed by atoms with Crippen molar-refractivity contribution < 1.29 is 9.53 Å². The van der Waals surface area contributed by atoms with Crippen molar-refractivity contribution >= 4 is 39.8 Å².